The Morgan fingerprint density at radius 2 is 1.23 bits per heavy atom. The van der Waals surface area contributed by atoms with E-state index in [-0.39, 0.29) is 5.75 Å². The first-order chi connectivity index (χ1) is 12.7. The van der Waals surface area contributed by atoms with Crippen molar-refractivity contribution >= 4 is 54.6 Å². The molecule has 1 N–H and O–H groups in total. The molecule has 0 bridgehead atoms. The van der Waals surface area contributed by atoms with Gasteiger partial charge in [-0.25, -0.2) is 0 Å². The third-order valence-corrected chi connectivity index (χ3v) is 5.16. The van der Waals surface area contributed by atoms with Crippen LogP contribution in [0.1, 0.15) is 5.56 Å². The Balaban J connectivity index is 1.75. The molecular formula is C23H14O3. The molecule has 6 rings (SSSR count). The molecule has 2 aromatic heterocycles. The first-order valence-corrected chi connectivity index (χ1v) is 8.58. The van der Waals surface area contributed by atoms with E-state index in [9.17, 15) is 5.11 Å². The van der Waals surface area contributed by atoms with Crippen LogP contribution in [-0.2, 0) is 0 Å². The van der Waals surface area contributed by atoms with Gasteiger partial charge in [-0.15, -0.1) is 0 Å². The van der Waals surface area contributed by atoms with Gasteiger partial charge in [0, 0.05) is 27.6 Å². The standard InChI is InChI=1S/C23H14O3/c1-12-2-3-13-7-17-19-11-22-18(16-5-4-15(24)9-21(16)26-22)10-23(19)25-20(17)8-14(13)6-12/h2-11,24H,1H3. The molecule has 6 aromatic rings. The largest absolute Gasteiger partial charge is 0.508 e. The zero-order chi connectivity index (χ0) is 17.4. The quantitative estimate of drug-likeness (QED) is 0.337. The van der Waals surface area contributed by atoms with Gasteiger partial charge in [-0.3, -0.25) is 0 Å². The average molecular weight is 338 g/mol. The van der Waals surface area contributed by atoms with Gasteiger partial charge in [0.1, 0.15) is 28.1 Å². The second-order valence-corrected chi connectivity index (χ2v) is 6.93. The minimum absolute atomic E-state index is 0.201. The summed E-state index contributed by atoms with van der Waals surface area (Å²) in [6.07, 6.45) is 0. The number of rotatable bonds is 0. The van der Waals surface area contributed by atoms with Crippen LogP contribution in [-0.4, -0.2) is 5.11 Å². The fourth-order valence-corrected chi connectivity index (χ4v) is 3.90. The summed E-state index contributed by atoms with van der Waals surface area (Å²) in [6, 6.07) is 20.0. The van der Waals surface area contributed by atoms with Crippen LogP contribution in [0.15, 0.2) is 69.5 Å². The molecule has 4 aromatic carbocycles. The fourth-order valence-electron chi connectivity index (χ4n) is 3.90. The van der Waals surface area contributed by atoms with Gasteiger partial charge in [0.25, 0.3) is 0 Å². The van der Waals surface area contributed by atoms with E-state index >= 15 is 0 Å². The minimum Gasteiger partial charge on any atom is -0.508 e. The maximum absolute atomic E-state index is 9.69. The van der Waals surface area contributed by atoms with E-state index in [0.29, 0.717) is 5.58 Å². The van der Waals surface area contributed by atoms with E-state index in [2.05, 4.69) is 37.3 Å². The van der Waals surface area contributed by atoms with Gasteiger partial charge in [0.05, 0.1) is 0 Å². The van der Waals surface area contributed by atoms with Crippen molar-refractivity contribution in [2.75, 3.05) is 0 Å². The van der Waals surface area contributed by atoms with Gasteiger partial charge in [0.2, 0.25) is 0 Å². The zero-order valence-corrected chi connectivity index (χ0v) is 14.0. The van der Waals surface area contributed by atoms with Crippen LogP contribution >= 0.6 is 0 Å². The zero-order valence-electron chi connectivity index (χ0n) is 14.0. The first-order valence-electron chi connectivity index (χ1n) is 8.58. The van der Waals surface area contributed by atoms with E-state index in [1.54, 1.807) is 12.1 Å². The molecule has 124 valence electrons. The number of hydrogen-bond acceptors (Lipinski definition) is 3. The number of hydrogen-bond donors (Lipinski definition) is 1. The molecule has 0 fully saturated rings. The lowest BCUT2D eigenvalue weighted by Crippen LogP contribution is -1.75. The molecule has 0 aliphatic heterocycles. The van der Waals surface area contributed by atoms with Crippen LogP contribution in [0.5, 0.6) is 5.75 Å². The third-order valence-electron chi connectivity index (χ3n) is 5.16. The minimum atomic E-state index is 0.201. The van der Waals surface area contributed by atoms with E-state index in [1.165, 1.54) is 16.3 Å². The van der Waals surface area contributed by atoms with Gasteiger partial charge < -0.3 is 13.9 Å². The van der Waals surface area contributed by atoms with Crippen molar-refractivity contribution in [3.63, 3.8) is 0 Å². The second-order valence-electron chi connectivity index (χ2n) is 6.93. The van der Waals surface area contributed by atoms with Gasteiger partial charge in [0.15, 0.2) is 0 Å². The van der Waals surface area contributed by atoms with Crippen LogP contribution in [0.3, 0.4) is 0 Å². The van der Waals surface area contributed by atoms with Gasteiger partial charge in [-0.2, -0.15) is 0 Å². The molecule has 0 unspecified atom stereocenters. The molecule has 0 aliphatic rings. The average Bonchev–Trinajstić information content (AvgIpc) is 3.14. The molecule has 3 heteroatoms. The SMILES string of the molecule is Cc1ccc2cc3c(cc2c1)oc1cc2c(cc13)oc1cc(O)ccc12. The number of aromatic hydroxyl groups is 1. The van der Waals surface area contributed by atoms with Crippen molar-refractivity contribution in [1.82, 2.24) is 0 Å². The predicted molar refractivity (Wildman–Crippen MR) is 105 cm³/mol. The maximum Gasteiger partial charge on any atom is 0.139 e. The first kappa shape index (κ1) is 13.8. The number of fused-ring (bicyclic) bond motifs is 7. The van der Waals surface area contributed by atoms with Crippen LogP contribution in [0.4, 0.5) is 0 Å². The van der Waals surface area contributed by atoms with Gasteiger partial charge >= 0.3 is 0 Å². The monoisotopic (exact) mass is 338 g/mol. The lowest BCUT2D eigenvalue weighted by atomic mass is 10.0. The molecule has 3 nitrogen and oxygen atoms in total. The number of benzene rings is 4. The highest BCUT2D eigenvalue weighted by molar-refractivity contribution is 6.16. The number of phenols is 1. The summed E-state index contributed by atoms with van der Waals surface area (Å²) in [6.45, 7) is 2.10. The Labute approximate surface area is 148 Å². The molecule has 26 heavy (non-hydrogen) atoms. The summed E-state index contributed by atoms with van der Waals surface area (Å²) in [5.74, 6) is 0.201. The number of phenolic OH excluding ortho intramolecular Hbond substituents is 1. The van der Waals surface area contributed by atoms with Gasteiger partial charge in [-0.1, -0.05) is 23.8 Å². The molecule has 0 spiro atoms. The molecule has 2 heterocycles. The van der Waals surface area contributed by atoms with Crippen molar-refractivity contribution in [3.8, 4) is 5.75 Å². The van der Waals surface area contributed by atoms with Crippen molar-refractivity contribution in [3.05, 3.63) is 66.2 Å². The highest BCUT2D eigenvalue weighted by atomic mass is 16.3. The normalized spacial score (nSPS) is 12.2. The lowest BCUT2D eigenvalue weighted by molar-refractivity contribution is 0.475. The Kier molecular flexibility index (Phi) is 2.43. The molecule has 0 aliphatic carbocycles. The van der Waals surface area contributed by atoms with Crippen LogP contribution in [0, 0.1) is 6.92 Å². The van der Waals surface area contributed by atoms with Crippen molar-refractivity contribution in [2.24, 2.45) is 0 Å². The number of furan rings is 2. The van der Waals surface area contributed by atoms with E-state index in [0.717, 1.165) is 38.3 Å². The highest BCUT2D eigenvalue weighted by Crippen LogP contribution is 2.38. The van der Waals surface area contributed by atoms with Gasteiger partial charge in [-0.05, 0) is 54.1 Å². The molecular weight excluding hydrogens is 324 g/mol. The summed E-state index contributed by atoms with van der Waals surface area (Å²) >= 11 is 0. The molecule has 0 radical (unpaired) electrons. The summed E-state index contributed by atoms with van der Waals surface area (Å²) in [4.78, 5) is 0. The summed E-state index contributed by atoms with van der Waals surface area (Å²) in [5, 5.41) is 16.2. The number of aryl methyl sites for hydroxylation is 1. The van der Waals surface area contributed by atoms with Crippen LogP contribution < -0.4 is 0 Å². The van der Waals surface area contributed by atoms with Crippen LogP contribution in [0.2, 0.25) is 0 Å². The topological polar surface area (TPSA) is 46.5 Å². The third kappa shape index (κ3) is 1.77. The maximum atomic E-state index is 9.69. The molecule has 0 amide bonds. The fraction of sp³-hybridized carbons (Fsp3) is 0.0435. The van der Waals surface area contributed by atoms with E-state index in [1.807, 2.05) is 18.2 Å². The van der Waals surface area contributed by atoms with Crippen LogP contribution in [0.25, 0.3) is 54.6 Å². The smallest absolute Gasteiger partial charge is 0.139 e. The molecule has 0 saturated carbocycles. The van der Waals surface area contributed by atoms with Crippen molar-refractivity contribution < 1.29 is 13.9 Å². The Hall–Kier alpha value is -3.46. The predicted octanol–water partition coefficient (Wildman–Crippen LogP) is 6.65. The lowest BCUT2D eigenvalue weighted by Gasteiger charge is -1.99. The summed E-state index contributed by atoms with van der Waals surface area (Å²) in [7, 11) is 0. The second kappa shape index (κ2) is 4.58. The molecule has 0 saturated heterocycles. The Bertz CT molecular complexity index is 1490. The van der Waals surface area contributed by atoms with Crippen molar-refractivity contribution in [2.45, 2.75) is 6.92 Å². The van der Waals surface area contributed by atoms with E-state index < -0.39 is 0 Å². The van der Waals surface area contributed by atoms with E-state index in [4.69, 9.17) is 8.83 Å². The Morgan fingerprint density at radius 1 is 0.577 bits per heavy atom. The highest BCUT2D eigenvalue weighted by Gasteiger charge is 2.14. The summed E-state index contributed by atoms with van der Waals surface area (Å²) in [5.41, 5.74) is 4.44. The summed E-state index contributed by atoms with van der Waals surface area (Å²) < 4.78 is 12.1. The molecule has 0 atom stereocenters. The Morgan fingerprint density at radius 3 is 2.04 bits per heavy atom. The van der Waals surface area contributed by atoms with Crippen molar-refractivity contribution in [1.29, 1.82) is 0 Å².